The van der Waals surface area contributed by atoms with Gasteiger partial charge in [0.05, 0.1) is 11.6 Å². The average Bonchev–Trinajstić information content (AvgIpc) is 2.99. The molecule has 0 saturated carbocycles. The van der Waals surface area contributed by atoms with Crippen molar-refractivity contribution >= 4 is 25.2 Å². The predicted molar refractivity (Wildman–Crippen MR) is 184 cm³/mol. The van der Waals surface area contributed by atoms with Crippen LogP contribution in [0.4, 0.5) is 0 Å². The number of rotatable bonds is 16. The third-order valence-electron chi connectivity index (χ3n) is 8.76. The Labute approximate surface area is 268 Å². The van der Waals surface area contributed by atoms with Crippen LogP contribution in [0, 0.1) is 0 Å². The van der Waals surface area contributed by atoms with Gasteiger partial charge in [0.15, 0.2) is 8.32 Å². The Kier molecular flexibility index (Phi) is 11.8. The second kappa shape index (κ2) is 15.5. The van der Waals surface area contributed by atoms with Gasteiger partial charge in [0.25, 0.3) is 0 Å². The van der Waals surface area contributed by atoms with Crippen LogP contribution >= 0.6 is 0 Å². The van der Waals surface area contributed by atoms with E-state index in [0.29, 0.717) is 30.8 Å². The number of aromatic nitrogens is 1. The van der Waals surface area contributed by atoms with Gasteiger partial charge < -0.3 is 19.3 Å². The minimum Gasteiger partial charge on any atom is -0.487 e. The molecule has 0 spiro atoms. The number of aliphatic carboxylic acids is 1. The number of pyridine rings is 1. The van der Waals surface area contributed by atoms with Crippen molar-refractivity contribution in [3.63, 3.8) is 0 Å². The Morgan fingerprint density at radius 3 is 2.20 bits per heavy atom. The molecule has 0 saturated heterocycles. The molecule has 1 unspecified atom stereocenters. The summed E-state index contributed by atoms with van der Waals surface area (Å²) in [6.45, 7) is 13.9. The molecule has 0 aliphatic rings. The fourth-order valence-corrected chi connectivity index (χ4v) is 6.48. The van der Waals surface area contributed by atoms with Crippen molar-refractivity contribution < 1.29 is 19.1 Å². The lowest BCUT2D eigenvalue weighted by Crippen LogP contribution is -2.44. The number of aromatic amines is 1. The van der Waals surface area contributed by atoms with E-state index in [-0.39, 0.29) is 23.1 Å². The summed E-state index contributed by atoms with van der Waals surface area (Å²) in [5.41, 5.74) is 3.77. The van der Waals surface area contributed by atoms with E-state index in [1.807, 2.05) is 48.5 Å². The standard InChI is InChI=1S/C37H48N2O5Si/c1-37(2,3)45(4,5)44-33(26-39(24-14-8-13-19-35(41)42)25-28-15-9-6-10-16-28)30-20-22-32(36-31(30)21-23-34(40)38-36)43-27-29-17-11-7-12-18-29/h6-7,9-12,15-18,20-23,33H,8,13-14,19,24-27H2,1-5H3,(H,38,40)(H,41,42). The fraction of sp³-hybridized carbons (Fsp3) is 0.405. The Balaban J connectivity index is 1.70. The molecule has 0 bridgehead atoms. The highest BCUT2D eigenvalue weighted by molar-refractivity contribution is 6.74. The van der Waals surface area contributed by atoms with Crippen molar-refractivity contribution in [2.24, 2.45) is 0 Å². The molecule has 45 heavy (non-hydrogen) atoms. The van der Waals surface area contributed by atoms with Gasteiger partial charge in [-0.25, -0.2) is 0 Å². The number of fused-ring (bicyclic) bond motifs is 1. The molecule has 1 heterocycles. The summed E-state index contributed by atoms with van der Waals surface area (Å²) < 4.78 is 13.5. The van der Waals surface area contributed by atoms with Crippen LogP contribution in [0.5, 0.6) is 5.75 Å². The first-order valence-corrected chi connectivity index (χ1v) is 18.8. The Morgan fingerprint density at radius 2 is 1.56 bits per heavy atom. The molecular weight excluding hydrogens is 581 g/mol. The summed E-state index contributed by atoms with van der Waals surface area (Å²) in [5.74, 6) is -0.124. The number of nitrogens with zero attached hydrogens (tertiary/aromatic N) is 1. The number of hydrogen-bond donors (Lipinski definition) is 2. The van der Waals surface area contributed by atoms with Crippen molar-refractivity contribution in [2.75, 3.05) is 13.1 Å². The first-order chi connectivity index (χ1) is 21.4. The van der Waals surface area contributed by atoms with Crippen LogP contribution in [0.25, 0.3) is 10.9 Å². The number of benzene rings is 3. The first-order valence-electron chi connectivity index (χ1n) is 15.9. The summed E-state index contributed by atoms with van der Waals surface area (Å²) in [6.07, 6.45) is 2.35. The lowest BCUT2D eigenvalue weighted by Gasteiger charge is -2.41. The minimum atomic E-state index is -2.23. The Bertz CT molecular complexity index is 1580. The molecule has 4 aromatic rings. The number of H-pyrrole nitrogens is 1. The van der Waals surface area contributed by atoms with Crippen molar-refractivity contribution in [1.82, 2.24) is 9.88 Å². The molecule has 7 nitrogen and oxygen atoms in total. The summed E-state index contributed by atoms with van der Waals surface area (Å²) in [7, 11) is -2.23. The molecule has 4 rings (SSSR count). The monoisotopic (exact) mass is 628 g/mol. The van der Waals surface area contributed by atoms with Gasteiger partial charge in [-0.15, -0.1) is 0 Å². The predicted octanol–water partition coefficient (Wildman–Crippen LogP) is 8.32. The number of carboxylic acids is 1. The zero-order valence-electron chi connectivity index (χ0n) is 27.3. The number of hydrogen-bond acceptors (Lipinski definition) is 5. The van der Waals surface area contributed by atoms with E-state index in [0.717, 1.165) is 42.4 Å². The maximum absolute atomic E-state index is 12.6. The molecule has 0 aliphatic carbocycles. The number of carboxylic acid groups (broad SMARTS) is 1. The molecule has 2 N–H and O–H groups in total. The van der Waals surface area contributed by atoms with E-state index in [9.17, 15) is 9.59 Å². The number of nitrogens with one attached hydrogen (secondary N) is 1. The molecule has 3 aromatic carbocycles. The van der Waals surface area contributed by atoms with E-state index >= 15 is 0 Å². The molecule has 1 aromatic heterocycles. The maximum atomic E-state index is 12.6. The third kappa shape index (κ3) is 9.88. The minimum absolute atomic E-state index is 0.00477. The highest BCUT2D eigenvalue weighted by Crippen LogP contribution is 2.42. The van der Waals surface area contributed by atoms with Gasteiger partial charge in [0.2, 0.25) is 5.56 Å². The topological polar surface area (TPSA) is 91.9 Å². The van der Waals surface area contributed by atoms with Crippen molar-refractivity contribution in [2.45, 2.75) is 83.8 Å². The average molecular weight is 629 g/mol. The van der Waals surface area contributed by atoms with E-state index in [4.69, 9.17) is 14.3 Å². The van der Waals surface area contributed by atoms with Crippen LogP contribution in [0.1, 0.15) is 69.2 Å². The number of ether oxygens (including phenoxy) is 1. The van der Waals surface area contributed by atoms with Gasteiger partial charge in [0.1, 0.15) is 12.4 Å². The zero-order valence-corrected chi connectivity index (χ0v) is 28.3. The largest absolute Gasteiger partial charge is 0.487 e. The van der Waals surface area contributed by atoms with Crippen molar-refractivity contribution in [3.05, 3.63) is 112 Å². The molecular formula is C37H48N2O5Si. The maximum Gasteiger partial charge on any atom is 0.303 e. The van der Waals surface area contributed by atoms with E-state index < -0.39 is 14.3 Å². The molecule has 0 radical (unpaired) electrons. The quantitative estimate of drug-likeness (QED) is 0.0958. The van der Waals surface area contributed by atoms with Crippen LogP contribution in [-0.4, -0.2) is 42.4 Å². The first kappa shape index (κ1) is 34.2. The van der Waals surface area contributed by atoms with E-state index in [1.54, 1.807) is 6.07 Å². The van der Waals surface area contributed by atoms with Crippen LogP contribution < -0.4 is 10.3 Å². The smallest absolute Gasteiger partial charge is 0.303 e. The number of unbranched alkanes of at least 4 members (excludes halogenated alkanes) is 2. The Hall–Kier alpha value is -3.72. The SMILES string of the molecule is CC(C)(C)[Si](C)(C)OC(CN(CCCCCC(=O)O)Cc1ccccc1)c1ccc(OCc2ccccc2)c2[nH]c(=O)ccc12. The highest BCUT2D eigenvalue weighted by Gasteiger charge is 2.40. The fourth-order valence-electron chi connectivity index (χ4n) is 5.22. The summed E-state index contributed by atoms with van der Waals surface area (Å²) in [4.78, 5) is 29.1. The number of carbonyl (C=O) groups is 1. The van der Waals surface area contributed by atoms with E-state index in [2.05, 4.69) is 74.1 Å². The third-order valence-corrected chi connectivity index (χ3v) is 13.2. The Morgan fingerprint density at radius 1 is 0.889 bits per heavy atom. The van der Waals surface area contributed by atoms with Crippen molar-refractivity contribution in [3.8, 4) is 5.75 Å². The molecule has 0 fully saturated rings. The lowest BCUT2D eigenvalue weighted by molar-refractivity contribution is -0.137. The van der Waals surface area contributed by atoms with Crippen molar-refractivity contribution in [1.29, 1.82) is 0 Å². The van der Waals surface area contributed by atoms with Crippen LogP contribution in [0.2, 0.25) is 18.1 Å². The van der Waals surface area contributed by atoms with Gasteiger partial charge >= 0.3 is 5.97 Å². The second-order valence-electron chi connectivity index (χ2n) is 13.3. The summed E-state index contributed by atoms with van der Waals surface area (Å²) >= 11 is 0. The summed E-state index contributed by atoms with van der Waals surface area (Å²) in [6, 6.07) is 27.9. The van der Waals surface area contributed by atoms with Crippen LogP contribution in [-0.2, 0) is 22.4 Å². The summed E-state index contributed by atoms with van der Waals surface area (Å²) in [5, 5.41) is 10.00. The molecule has 0 aliphatic heterocycles. The van der Waals surface area contributed by atoms with Gasteiger partial charge in [-0.05, 0) is 66.3 Å². The van der Waals surface area contributed by atoms with Gasteiger partial charge in [-0.2, -0.15) is 0 Å². The molecule has 0 amide bonds. The van der Waals surface area contributed by atoms with Gasteiger partial charge in [0, 0.05) is 31.0 Å². The van der Waals surface area contributed by atoms with Crippen LogP contribution in [0.3, 0.4) is 0 Å². The van der Waals surface area contributed by atoms with Gasteiger partial charge in [-0.1, -0.05) is 93.9 Å². The van der Waals surface area contributed by atoms with Gasteiger partial charge in [-0.3, -0.25) is 14.5 Å². The van der Waals surface area contributed by atoms with E-state index in [1.165, 1.54) is 5.56 Å². The lowest BCUT2D eigenvalue weighted by atomic mass is 10.0. The normalized spacial score (nSPS) is 12.8. The highest BCUT2D eigenvalue weighted by atomic mass is 28.4. The molecule has 240 valence electrons. The molecule has 1 atom stereocenters. The molecule has 8 heteroatoms. The second-order valence-corrected chi connectivity index (χ2v) is 18.1. The zero-order chi connectivity index (χ0) is 32.5. The van der Waals surface area contributed by atoms with Crippen LogP contribution in [0.15, 0.2) is 89.7 Å².